The third-order valence-electron chi connectivity index (χ3n) is 6.37. The molecular formula is C29H30BrClN2O3. The van der Waals surface area contributed by atoms with Crippen molar-refractivity contribution < 1.29 is 14.3 Å². The molecule has 1 fully saturated rings. The van der Waals surface area contributed by atoms with Crippen LogP contribution in [0, 0.1) is 0 Å². The Kier molecular flexibility index (Phi) is 9.42. The minimum Gasteiger partial charge on any atom is -0.484 e. The Hall–Kier alpha value is -2.83. The number of rotatable bonds is 10. The van der Waals surface area contributed by atoms with E-state index in [2.05, 4.69) is 21.2 Å². The van der Waals surface area contributed by atoms with Gasteiger partial charge in [-0.3, -0.25) is 9.59 Å². The highest BCUT2D eigenvalue weighted by atomic mass is 79.9. The van der Waals surface area contributed by atoms with Crippen LogP contribution in [-0.2, 0) is 22.6 Å². The van der Waals surface area contributed by atoms with E-state index in [9.17, 15) is 9.59 Å². The van der Waals surface area contributed by atoms with Crippen molar-refractivity contribution in [1.29, 1.82) is 0 Å². The van der Waals surface area contributed by atoms with Gasteiger partial charge in [0.1, 0.15) is 11.8 Å². The number of halogens is 2. The highest BCUT2D eigenvalue weighted by Gasteiger charge is 2.32. The molecule has 3 aromatic carbocycles. The van der Waals surface area contributed by atoms with Gasteiger partial charge in [0.2, 0.25) is 5.91 Å². The van der Waals surface area contributed by atoms with Gasteiger partial charge >= 0.3 is 0 Å². The van der Waals surface area contributed by atoms with E-state index in [1.165, 1.54) is 0 Å². The average Bonchev–Trinajstić information content (AvgIpc) is 3.38. The molecule has 3 aromatic rings. The molecule has 0 spiro atoms. The molecule has 1 unspecified atom stereocenters. The number of amides is 2. The Labute approximate surface area is 225 Å². The lowest BCUT2D eigenvalue weighted by atomic mass is 10.0. The molecule has 0 aliphatic heterocycles. The number of nitrogens with one attached hydrogen (secondary N) is 1. The molecule has 1 aliphatic carbocycles. The highest BCUT2D eigenvalue weighted by Crippen LogP contribution is 2.22. The van der Waals surface area contributed by atoms with Crippen LogP contribution in [0.4, 0.5) is 0 Å². The lowest BCUT2D eigenvalue weighted by Gasteiger charge is -2.32. The molecule has 1 aliphatic rings. The summed E-state index contributed by atoms with van der Waals surface area (Å²) in [6.45, 7) is 0.0864. The number of ether oxygens (including phenoxy) is 1. The average molecular weight is 570 g/mol. The molecule has 7 heteroatoms. The first-order valence-corrected chi connectivity index (χ1v) is 13.4. The van der Waals surface area contributed by atoms with Gasteiger partial charge in [-0.05, 0) is 54.3 Å². The Balaban J connectivity index is 1.61. The van der Waals surface area contributed by atoms with Crippen molar-refractivity contribution in [2.75, 3.05) is 6.61 Å². The Morgan fingerprint density at radius 2 is 1.69 bits per heavy atom. The molecule has 5 nitrogen and oxygen atoms in total. The maximum Gasteiger partial charge on any atom is 0.261 e. The fraction of sp³-hybridized carbons (Fsp3) is 0.310. The summed E-state index contributed by atoms with van der Waals surface area (Å²) in [5.41, 5.74) is 1.92. The number of nitrogens with zero attached hydrogens (tertiary/aromatic N) is 1. The first-order valence-electron chi connectivity index (χ1n) is 12.2. The van der Waals surface area contributed by atoms with Gasteiger partial charge < -0.3 is 15.0 Å². The number of carbonyl (C=O) groups is 2. The van der Waals surface area contributed by atoms with E-state index in [0.717, 1.165) is 41.3 Å². The van der Waals surface area contributed by atoms with E-state index in [4.69, 9.17) is 16.3 Å². The van der Waals surface area contributed by atoms with Crippen molar-refractivity contribution in [2.45, 2.75) is 50.7 Å². The topological polar surface area (TPSA) is 58.6 Å². The fourth-order valence-electron chi connectivity index (χ4n) is 4.54. The summed E-state index contributed by atoms with van der Waals surface area (Å²) in [4.78, 5) is 28.9. The monoisotopic (exact) mass is 568 g/mol. The van der Waals surface area contributed by atoms with Gasteiger partial charge in [-0.15, -0.1) is 0 Å². The molecule has 188 valence electrons. The third kappa shape index (κ3) is 7.58. The maximum absolute atomic E-state index is 13.7. The van der Waals surface area contributed by atoms with E-state index >= 15 is 0 Å². The van der Waals surface area contributed by atoms with Crippen molar-refractivity contribution in [3.8, 4) is 5.75 Å². The van der Waals surface area contributed by atoms with Gasteiger partial charge in [0.25, 0.3) is 5.91 Å². The summed E-state index contributed by atoms with van der Waals surface area (Å²) in [6, 6.07) is 24.0. The van der Waals surface area contributed by atoms with Crippen LogP contribution in [0.25, 0.3) is 0 Å². The first kappa shape index (κ1) is 26.2. The number of hydrogen-bond donors (Lipinski definition) is 1. The largest absolute Gasteiger partial charge is 0.484 e. The second-order valence-corrected chi connectivity index (χ2v) is 10.4. The van der Waals surface area contributed by atoms with Crippen molar-refractivity contribution in [2.24, 2.45) is 0 Å². The molecule has 0 aromatic heterocycles. The normalized spacial score (nSPS) is 14.3. The van der Waals surface area contributed by atoms with E-state index in [1.807, 2.05) is 54.6 Å². The van der Waals surface area contributed by atoms with Crippen LogP contribution in [-0.4, -0.2) is 35.4 Å². The van der Waals surface area contributed by atoms with Gasteiger partial charge in [-0.25, -0.2) is 0 Å². The minimum atomic E-state index is -0.678. The minimum absolute atomic E-state index is 0.128. The Morgan fingerprint density at radius 3 is 2.42 bits per heavy atom. The summed E-state index contributed by atoms with van der Waals surface area (Å²) in [5, 5.41) is 3.74. The second-order valence-electron chi connectivity index (χ2n) is 9.09. The molecular weight excluding hydrogens is 540 g/mol. The van der Waals surface area contributed by atoms with Gasteiger partial charge in [-0.1, -0.05) is 88.9 Å². The second kappa shape index (κ2) is 12.9. The van der Waals surface area contributed by atoms with Crippen LogP contribution in [0.3, 0.4) is 0 Å². The lowest BCUT2D eigenvalue weighted by Crippen LogP contribution is -2.53. The predicted octanol–water partition coefficient (Wildman–Crippen LogP) is 6.18. The Bertz CT molecular complexity index is 1170. The SMILES string of the molecule is O=C(NC1CCCC1)C(Cc1ccccc1)N(Cc1cccc(Br)c1)C(=O)COc1cccc(Cl)c1. The van der Waals surface area contributed by atoms with Crippen molar-refractivity contribution in [1.82, 2.24) is 10.2 Å². The number of hydrogen-bond acceptors (Lipinski definition) is 3. The molecule has 2 amide bonds. The van der Waals surface area contributed by atoms with E-state index in [0.29, 0.717) is 17.2 Å². The van der Waals surface area contributed by atoms with Crippen LogP contribution >= 0.6 is 27.5 Å². The van der Waals surface area contributed by atoms with Gasteiger partial charge in [0.15, 0.2) is 6.61 Å². The van der Waals surface area contributed by atoms with Gasteiger partial charge in [0.05, 0.1) is 0 Å². The van der Waals surface area contributed by atoms with Crippen LogP contribution in [0.1, 0.15) is 36.8 Å². The molecule has 0 radical (unpaired) electrons. The van der Waals surface area contributed by atoms with Crippen molar-refractivity contribution >= 4 is 39.3 Å². The van der Waals surface area contributed by atoms with Crippen LogP contribution < -0.4 is 10.1 Å². The Morgan fingerprint density at radius 1 is 0.972 bits per heavy atom. The number of carbonyl (C=O) groups excluding carboxylic acids is 2. The lowest BCUT2D eigenvalue weighted by molar-refractivity contribution is -0.143. The molecule has 1 N–H and O–H groups in total. The summed E-state index contributed by atoms with van der Waals surface area (Å²) in [5.74, 6) is 0.114. The third-order valence-corrected chi connectivity index (χ3v) is 7.10. The zero-order valence-electron chi connectivity index (χ0n) is 20.0. The van der Waals surface area contributed by atoms with Crippen molar-refractivity contribution in [3.63, 3.8) is 0 Å². The van der Waals surface area contributed by atoms with E-state index in [1.54, 1.807) is 29.2 Å². The summed E-state index contributed by atoms with van der Waals surface area (Å²) in [6.07, 6.45) is 4.59. The zero-order valence-corrected chi connectivity index (χ0v) is 22.4. The molecule has 1 saturated carbocycles. The van der Waals surface area contributed by atoms with Crippen LogP contribution in [0.2, 0.25) is 5.02 Å². The van der Waals surface area contributed by atoms with E-state index < -0.39 is 6.04 Å². The van der Waals surface area contributed by atoms with Gasteiger partial charge in [0, 0.05) is 28.5 Å². The molecule has 0 saturated heterocycles. The molecule has 36 heavy (non-hydrogen) atoms. The predicted molar refractivity (Wildman–Crippen MR) is 146 cm³/mol. The fourth-order valence-corrected chi connectivity index (χ4v) is 5.17. The van der Waals surface area contributed by atoms with Crippen LogP contribution in [0.15, 0.2) is 83.3 Å². The highest BCUT2D eigenvalue weighted by molar-refractivity contribution is 9.10. The molecule has 4 rings (SSSR count). The summed E-state index contributed by atoms with van der Waals surface area (Å²) < 4.78 is 6.70. The van der Waals surface area contributed by atoms with Gasteiger partial charge in [-0.2, -0.15) is 0 Å². The summed E-state index contributed by atoms with van der Waals surface area (Å²) in [7, 11) is 0. The smallest absolute Gasteiger partial charge is 0.261 e. The van der Waals surface area contributed by atoms with Crippen molar-refractivity contribution in [3.05, 3.63) is 99.5 Å². The quantitative estimate of drug-likeness (QED) is 0.317. The molecule has 0 heterocycles. The summed E-state index contributed by atoms with van der Waals surface area (Å²) >= 11 is 9.59. The number of benzene rings is 3. The zero-order chi connectivity index (χ0) is 25.3. The first-order chi connectivity index (χ1) is 17.5. The molecule has 1 atom stereocenters. The van der Waals surface area contributed by atoms with Crippen LogP contribution in [0.5, 0.6) is 5.75 Å². The molecule has 0 bridgehead atoms. The standard InChI is InChI=1S/C29H30BrClN2O3/c30-23-11-6-10-22(16-23)19-33(28(34)20-36-26-15-7-12-24(31)18-26)27(17-21-8-2-1-3-9-21)29(35)32-25-13-4-5-14-25/h1-3,6-12,15-16,18,25,27H,4-5,13-14,17,19-20H2,(H,32,35). The van der Waals surface area contributed by atoms with E-state index in [-0.39, 0.29) is 31.0 Å². The maximum atomic E-state index is 13.7.